The van der Waals surface area contributed by atoms with Crippen molar-refractivity contribution in [3.8, 4) is 0 Å². The number of rotatable bonds is 2. The van der Waals surface area contributed by atoms with Gasteiger partial charge in [0.2, 0.25) is 5.91 Å². The van der Waals surface area contributed by atoms with E-state index >= 15 is 0 Å². The molecule has 2 fully saturated rings. The SMILES string of the molecule is O=C(c1ccco1)N1CC[C@@]2(CC(=O)N(c3cncnc3)C2)C1. The van der Waals surface area contributed by atoms with E-state index in [1.807, 2.05) is 0 Å². The fraction of sp³-hybridized carbons (Fsp3) is 0.375. The van der Waals surface area contributed by atoms with Crippen LogP contribution in [-0.4, -0.2) is 46.3 Å². The van der Waals surface area contributed by atoms with Crippen LogP contribution in [-0.2, 0) is 4.79 Å². The maximum absolute atomic E-state index is 12.4. The molecule has 2 saturated heterocycles. The second kappa shape index (κ2) is 5.19. The smallest absolute Gasteiger partial charge is 0.289 e. The lowest BCUT2D eigenvalue weighted by Gasteiger charge is -2.23. The molecule has 2 aromatic rings. The maximum Gasteiger partial charge on any atom is 0.289 e. The van der Waals surface area contributed by atoms with E-state index in [1.54, 1.807) is 34.3 Å². The number of furan rings is 1. The van der Waals surface area contributed by atoms with Gasteiger partial charge in [-0.15, -0.1) is 0 Å². The van der Waals surface area contributed by atoms with Gasteiger partial charge in [0.25, 0.3) is 5.91 Å². The van der Waals surface area contributed by atoms with Gasteiger partial charge in [-0.25, -0.2) is 9.97 Å². The number of hydrogen-bond acceptors (Lipinski definition) is 5. The Labute approximate surface area is 132 Å². The summed E-state index contributed by atoms with van der Waals surface area (Å²) in [6.07, 6.45) is 7.49. The summed E-state index contributed by atoms with van der Waals surface area (Å²) in [5.41, 5.74) is 0.528. The average Bonchev–Trinajstić information content (AvgIpc) is 3.29. The Hall–Kier alpha value is -2.70. The van der Waals surface area contributed by atoms with Gasteiger partial charge in [0.1, 0.15) is 6.33 Å². The van der Waals surface area contributed by atoms with Crippen LogP contribution >= 0.6 is 0 Å². The molecular formula is C16H16N4O3. The lowest BCUT2D eigenvalue weighted by molar-refractivity contribution is -0.117. The van der Waals surface area contributed by atoms with Crippen LogP contribution in [0.4, 0.5) is 5.69 Å². The van der Waals surface area contributed by atoms with E-state index in [9.17, 15) is 9.59 Å². The number of likely N-dealkylation sites (tertiary alicyclic amines) is 1. The van der Waals surface area contributed by atoms with Crippen molar-refractivity contribution in [1.29, 1.82) is 0 Å². The number of carbonyl (C=O) groups is 2. The molecule has 4 heterocycles. The molecule has 7 nitrogen and oxygen atoms in total. The van der Waals surface area contributed by atoms with E-state index in [0.717, 1.165) is 6.42 Å². The van der Waals surface area contributed by atoms with E-state index in [-0.39, 0.29) is 17.2 Å². The van der Waals surface area contributed by atoms with E-state index in [0.29, 0.717) is 37.5 Å². The molecule has 4 rings (SSSR count). The van der Waals surface area contributed by atoms with Crippen LogP contribution < -0.4 is 4.90 Å². The van der Waals surface area contributed by atoms with Gasteiger partial charge < -0.3 is 14.2 Å². The van der Waals surface area contributed by atoms with Crippen molar-refractivity contribution in [2.45, 2.75) is 12.8 Å². The van der Waals surface area contributed by atoms with Crippen molar-refractivity contribution in [2.75, 3.05) is 24.5 Å². The highest BCUT2D eigenvalue weighted by Crippen LogP contribution is 2.41. The summed E-state index contributed by atoms with van der Waals surface area (Å²) < 4.78 is 5.19. The minimum absolute atomic E-state index is 0.0621. The number of hydrogen-bond donors (Lipinski definition) is 0. The molecule has 2 amide bonds. The lowest BCUT2D eigenvalue weighted by Crippen LogP contribution is -2.34. The van der Waals surface area contributed by atoms with Crippen molar-refractivity contribution in [2.24, 2.45) is 5.41 Å². The molecule has 7 heteroatoms. The van der Waals surface area contributed by atoms with Gasteiger partial charge in [0.15, 0.2) is 5.76 Å². The van der Waals surface area contributed by atoms with Gasteiger partial charge in [-0.3, -0.25) is 9.59 Å². The van der Waals surface area contributed by atoms with Crippen LogP contribution in [0.25, 0.3) is 0 Å². The summed E-state index contributed by atoms with van der Waals surface area (Å²) in [7, 11) is 0. The Balaban J connectivity index is 1.51. The van der Waals surface area contributed by atoms with Crippen LogP contribution in [0.1, 0.15) is 23.4 Å². The normalized spacial score (nSPS) is 23.9. The first-order valence-electron chi connectivity index (χ1n) is 7.55. The first-order valence-corrected chi connectivity index (χ1v) is 7.55. The predicted octanol–water partition coefficient (Wildman–Crippen LogP) is 1.34. The Morgan fingerprint density at radius 3 is 2.83 bits per heavy atom. The molecule has 1 atom stereocenters. The van der Waals surface area contributed by atoms with Crippen molar-refractivity contribution in [1.82, 2.24) is 14.9 Å². The standard InChI is InChI=1S/C16H16N4O3/c21-14-6-16(10-20(14)12-7-17-11-18-8-12)3-4-19(9-16)15(22)13-2-1-5-23-13/h1-2,5,7-8,11H,3-4,6,9-10H2/t16-/m1/s1. The first kappa shape index (κ1) is 13.9. The van der Waals surface area contributed by atoms with E-state index in [2.05, 4.69) is 9.97 Å². The fourth-order valence-corrected chi connectivity index (χ4v) is 3.50. The Kier molecular flexibility index (Phi) is 3.14. The summed E-state index contributed by atoms with van der Waals surface area (Å²) in [4.78, 5) is 36.2. The van der Waals surface area contributed by atoms with Gasteiger partial charge in [0.05, 0.1) is 24.3 Å². The topological polar surface area (TPSA) is 79.5 Å². The monoisotopic (exact) mass is 312 g/mol. The Morgan fingerprint density at radius 2 is 2.09 bits per heavy atom. The molecule has 1 spiro atoms. The molecule has 0 N–H and O–H groups in total. The first-order chi connectivity index (χ1) is 11.2. The zero-order chi connectivity index (χ0) is 15.9. The molecule has 0 bridgehead atoms. The fourth-order valence-electron chi connectivity index (χ4n) is 3.50. The molecule has 2 aliphatic rings. The summed E-state index contributed by atoms with van der Waals surface area (Å²) in [5.74, 6) is 0.299. The van der Waals surface area contributed by atoms with E-state index < -0.39 is 0 Å². The van der Waals surface area contributed by atoms with Gasteiger partial charge in [-0.05, 0) is 18.6 Å². The Bertz CT molecular complexity index is 731. The molecule has 118 valence electrons. The maximum atomic E-state index is 12.4. The van der Waals surface area contributed by atoms with Gasteiger partial charge >= 0.3 is 0 Å². The van der Waals surface area contributed by atoms with Crippen molar-refractivity contribution in [3.05, 3.63) is 42.9 Å². The highest BCUT2D eigenvalue weighted by atomic mass is 16.3. The molecule has 0 aromatic carbocycles. The molecule has 2 aliphatic heterocycles. The predicted molar refractivity (Wildman–Crippen MR) is 80.7 cm³/mol. The largest absolute Gasteiger partial charge is 0.459 e. The third kappa shape index (κ3) is 2.38. The highest BCUT2D eigenvalue weighted by molar-refractivity contribution is 5.96. The van der Waals surface area contributed by atoms with Crippen molar-refractivity contribution in [3.63, 3.8) is 0 Å². The average molecular weight is 312 g/mol. The highest BCUT2D eigenvalue weighted by Gasteiger charge is 2.49. The summed E-state index contributed by atoms with van der Waals surface area (Å²) >= 11 is 0. The van der Waals surface area contributed by atoms with Crippen LogP contribution in [0.5, 0.6) is 0 Å². The molecule has 2 aromatic heterocycles. The number of carbonyl (C=O) groups excluding carboxylic acids is 2. The van der Waals surface area contributed by atoms with Crippen LogP contribution in [0, 0.1) is 5.41 Å². The summed E-state index contributed by atoms with van der Waals surface area (Å²) in [6, 6.07) is 3.37. The molecule has 0 aliphatic carbocycles. The number of amides is 2. The lowest BCUT2D eigenvalue weighted by atomic mass is 9.86. The molecule has 0 unspecified atom stereocenters. The zero-order valence-electron chi connectivity index (χ0n) is 12.5. The number of anilines is 1. The third-order valence-corrected chi connectivity index (χ3v) is 4.64. The quantitative estimate of drug-likeness (QED) is 0.836. The van der Waals surface area contributed by atoms with Crippen molar-refractivity contribution >= 4 is 17.5 Å². The van der Waals surface area contributed by atoms with Crippen LogP contribution in [0.15, 0.2) is 41.5 Å². The van der Waals surface area contributed by atoms with Crippen LogP contribution in [0.3, 0.4) is 0 Å². The summed E-state index contributed by atoms with van der Waals surface area (Å²) in [5, 5.41) is 0. The van der Waals surface area contributed by atoms with Gasteiger partial charge in [-0.1, -0.05) is 0 Å². The van der Waals surface area contributed by atoms with E-state index in [4.69, 9.17) is 4.42 Å². The minimum Gasteiger partial charge on any atom is -0.459 e. The third-order valence-electron chi connectivity index (χ3n) is 4.64. The summed E-state index contributed by atoms with van der Waals surface area (Å²) in [6.45, 7) is 1.82. The Morgan fingerprint density at radius 1 is 1.26 bits per heavy atom. The molecular weight excluding hydrogens is 296 g/mol. The second-order valence-electron chi connectivity index (χ2n) is 6.21. The number of aromatic nitrogens is 2. The molecule has 0 radical (unpaired) electrons. The zero-order valence-corrected chi connectivity index (χ0v) is 12.5. The van der Waals surface area contributed by atoms with Gasteiger partial charge in [0, 0.05) is 31.5 Å². The van der Waals surface area contributed by atoms with Crippen molar-refractivity contribution < 1.29 is 14.0 Å². The molecule has 23 heavy (non-hydrogen) atoms. The van der Waals surface area contributed by atoms with Crippen LogP contribution in [0.2, 0.25) is 0 Å². The van der Waals surface area contributed by atoms with Gasteiger partial charge in [-0.2, -0.15) is 0 Å². The second-order valence-corrected chi connectivity index (χ2v) is 6.21. The molecule has 0 saturated carbocycles. The number of nitrogens with zero attached hydrogens (tertiary/aromatic N) is 4. The minimum atomic E-state index is -0.185. The van der Waals surface area contributed by atoms with E-state index in [1.165, 1.54) is 12.6 Å².